The zero-order valence-corrected chi connectivity index (χ0v) is 14.8. The van der Waals surface area contributed by atoms with Crippen LogP contribution in [0.25, 0.3) is 0 Å². The molecule has 4 nitrogen and oxygen atoms in total. The van der Waals surface area contributed by atoms with E-state index in [9.17, 15) is 0 Å². The topological polar surface area (TPSA) is 39.7 Å². The molecular formula is C20H27NO3. The van der Waals surface area contributed by atoms with Crippen molar-refractivity contribution in [1.29, 1.82) is 0 Å². The van der Waals surface area contributed by atoms with Crippen molar-refractivity contribution in [3.63, 3.8) is 0 Å². The molecule has 2 rings (SSSR count). The Morgan fingerprint density at radius 1 is 0.875 bits per heavy atom. The summed E-state index contributed by atoms with van der Waals surface area (Å²) >= 11 is 0. The Bertz CT molecular complexity index is 628. The molecule has 0 saturated carbocycles. The van der Waals surface area contributed by atoms with E-state index in [1.165, 1.54) is 11.1 Å². The minimum atomic E-state index is 0.630. The first-order valence-corrected chi connectivity index (χ1v) is 8.49. The van der Waals surface area contributed by atoms with E-state index in [0.717, 1.165) is 36.8 Å². The molecule has 130 valence electrons. The Hall–Kier alpha value is -2.20. The molecular weight excluding hydrogens is 302 g/mol. The zero-order chi connectivity index (χ0) is 17.2. The minimum absolute atomic E-state index is 0.630. The van der Waals surface area contributed by atoms with Gasteiger partial charge in [0.05, 0.1) is 20.3 Å². The number of para-hydroxylation sites is 1. The first-order valence-electron chi connectivity index (χ1n) is 8.49. The van der Waals surface area contributed by atoms with Crippen molar-refractivity contribution >= 4 is 0 Å². The van der Waals surface area contributed by atoms with Crippen molar-refractivity contribution in [2.75, 3.05) is 26.9 Å². The Labute approximate surface area is 144 Å². The lowest BCUT2D eigenvalue weighted by Gasteiger charge is -2.13. The molecule has 0 aromatic heterocycles. The highest BCUT2D eigenvalue weighted by Gasteiger charge is 2.06. The fourth-order valence-corrected chi connectivity index (χ4v) is 2.57. The van der Waals surface area contributed by atoms with Gasteiger partial charge in [0, 0.05) is 6.54 Å². The van der Waals surface area contributed by atoms with Crippen molar-refractivity contribution in [1.82, 2.24) is 5.32 Å². The van der Waals surface area contributed by atoms with Gasteiger partial charge < -0.3 is 19.5 Å². The SMILES string of the molecule is CCOc1ccc(CNCCc2ccccc2OC)cc1OCC. The molecule has 2 aromatic rings. The van der Waals surface area contributed by atoms with Gasteiger partial charge in [0.1, 0.15) is 5.75 Å². The third-order valence-corrected chi connectivity index (χ3v) is 3.70. The van der Waals surface area contributed by atoms with E-state index in [2.05, 4.69) is 17.4 Å². The summed E-state index contributed by atoms with van der Waals surface area (Å²) in [5.41, 5.74) is 2.40. The average Bonchev–Trinajstić information content (AvgIpc) is 2.61. The summed E-state index contributed by atoms with van der Waals surface area (Å²) in [5.74, 6) is 2.56. The van der Waals surface area contributed by atoms with Crippen molar-refractivity contribution in [3.8, 4) is 17.2 Å². The van der Waals surface area contributed by atoms with Gasteiger partial charge in [-0.2, -0.15) is 0 Å². The van der Waals surface area contributed by atoms with E-state index in [1.54, 1.807) is 7.11 Å². The molecule has 4 heteroatoms. The van der Waals surface area contributed by atoms with Crippen LogP contribution in [0.3, 0.4) is 0 Å². The van der Waals surface area contributed by atoms with E-state index >= 15 is 0 Å². The lowest BCUT2D eigenvalue weighted by atomic mass is 10.1. The van der Waals surface area contributed by atoms with Crippen LogP contribution < -0.4 is 19.5 Å². The third-order valence-electron chi connectivity index (χ3n) is 3.70. The molecule has 24 heavy (non-hydrogen) atoms. The van der Waals surface area contributed by atoms with E-state index in [1.807, 2.05) is 44.2 Å². The smallest absolute Gasteiger partial charge is 0.161 e. The Morgan fingerprint density at radius 2 is 1.62 bits per heavy atom. The van der Waals surface area contributed by atoms with Gasteiger partial charge in [0.15, 0.2) is 11.5 Å². The number of benzene rings is 2. The van der Waals surface area contributed by atoms with Crippen LogP contribution >= 0.6 is 0 Å². The summed E-state index contributed by atoms with van der Waals surface area (Å²) in [4.78, 5) is 0. The maximum atomic E-state index is 5.67. The predicted octanol–water partition coefficient (Wildman–Crippen LogP) is 3.82. The normalized spacial score (nSPS) is 10.5. The predicted molar refractivity (Wildman–Crippen MR) is 97.2 cm³/mol. The minimum Gasteiger partial charge on any atom is -0.496 e. The summed E-state index contributed by atoms with van der Waals surface area (Å²) in [6, 6.07) is 14.2. The van der Waals surface area contributed by atoms with Crippen LogP contribution in [0.5, 0.6) is 17.2 Å². The molecule has 2 aromatic carbocycles. The molecule has 0 aliphatic carbocycles. The lowest BCUT2D eigenvalue weighted by molar-refractivity contribution is 0.287. The summed E-state index contributed by atoms with van der Waals surface area (Å²) in [7, 11) is 1.71. The van der Waals surface area contributed by atoms with Gasteiger partial charge in [-0.25, -0.2) is 0 Å². The van der Waals surface area contributed by atoms with Gasteiger partial charge in [0.25, 0.3) is 0 Å². The summed E-state index contributed by atoms with van der Waals surface area (Å²) in [6.45, 7) is 6.90. The highest BCUT2D eigenvalue weighted by atomic mass is 16.5. The molecule has 0 bridgehead atoms. The number of hydrogen-bond donors (Lipinski definition) is 1. The number of hydrogen-bond acceptors (Lipinski definition) is 4. The molecule has 0 aliphatic heterocycles. The summed E-state index contributed by atoms with van der Waals surface area (Å²) in [5, 5.41) is 3.47. The number of nitrogens with one attached hydrogen (secondary N) is 1. The molecule has 0 aliphatic rings. The molecule has 0 unspecified atom stereocenters. The van der Waals surface area contributed by atoms with E-state index in [0.29, 0.717) is 13.2 Å². The second-order valence-electron chi connectivity index (χ2n) is 5.39. The van der Waals surface area contributed by atoms with Gasteiger partial charge in [-0.3, -0.25) is 0 Å². The number of rotatable bonds is 10. The van der Waals surface area contributed by atoms with Crippen LogP contribution in [0, 0.1) is 0 Å². The van der Waals surface area contributed by atoms with Gasteiger partial charge in [-0.1, -0.05) is 24.3 Å². The monoisotopic (exact) mass is 329 g/mol. The zero-order valence-electron chi connectivity index (χ0n) is 14.8. The van der Waals surface area contributed by atoms with Crippen LogP contribution in [0.1, 0.15) is 25.0 Å². The standard InChI is InChI=1S/C20H27NO3/c1-4-23-19-11-10-16(14-20(19)24-5-2)15-21-13-12-17-8-6-7-9-18(17)22-3/h6-11,14,21H,4-5,12-13,15H2,1-3H3. The van der Waals surface area contributed by atoms with Crippen molar-refractivity contribution in [2.45, 2.75) is 26.8 Å². The molecule has 0 fully saturated rings. The fourth-order valence-electron chi connectivity index (χ4n) is 2.57. The van der Waals surface area contributed by atoms with E-state index in [-0.39, 0.29) is 0 Å². The lowest BCUT2D eigenvalue weighted by Crippen LogP contribution is -2.17. The average molecular weight is 329 g/mol. The summed E-state index contributed by atoms with van der Waals surface area (Å²) in [6.07, 6.45) is 0.930. The highest BCUT2D eigenvalue weighted by molar-refractivity contribution is 5.43. The van der Waals surface area contributed by atoms with Crippen LogP contribution in [0.2, 0.25) is 0 Å². The van der Waals surface area contributed by atoms with Gasteiger partial charge in [-0.15, -0.1) is 0 Å². The maximum Gasteiger partial charge on any atom is 0.161 e. The second-order valence-corrected chi connectivity index (χ2v) is 5.39. The van der Waals surface area contributed by atoms with Gasteiger partial charge in [0.2, 0.25) is 0 Å². The molecule has 0 heterocycles. The third kappa shape index (κ3) is 5.17. The summed E-state index contributed by atoms with van der Waals surface area (Å²) < 4.78 is 16.6. The van der Waals surface area contributed by atoms with Gasteiger partial charge >= 0.3 is 0 Å². The van der Waals surface area contributed by atoms with Crippen molar-refractivity contribution in [3.05, 3.63) is 53.6 Å². The molecule has 0 atom stereocenters. The Kier molecular flexibility index (Phi) is 7.43. The van der Waals surface area contributed by atoms with Crippen molar-refractivity contribution in [2.24, 2.45) is 0 Å². The Morgan fingerprint density at radius 3 is 2.38 bits per heavy atom. The quantitative estimate of drug-likeness (QED) is 0.673. The van der Waals surface area contributed by atoms with Crippen LogP contribution in [-0.4, -0.2) is 26.9 Å². The fraction of sp³-hybridized carbons (Fsp3) is 0.400. The van der Waals surface area contributed by atoms with Crippen LogP contribution in [0.4, 0.5) is 0 Å². The van der Waals surface area contributed by atoms with E-state index in [4.69, 9.17) is 14.2 Å². The molecule has 0 spiro atoms. The first kappa shape index (κ1) is 18.1. The number of methoxy groups -OCH3 is 1. The maximum absolute atomic E-state index is 5.67. The largest absolute Gasteiger partial charge is 0.496 e. The molecule has 0 radical (unpaired) electrons. The second kappa shape index (κ2) is 9.83. The highest BCUT2D eigenvalue weighted by Crippen LogP contribution is 2.28. The van der Waals surface area contributed by atoms with Crippen LogP contribution in [0.15, 0.2) is 42.5 Å². The van der Waals surface area contributed by atoms with Gasteiger partial charge in [-0.05, 0) is 56.1 Å². The van der Waals surface area contributed by atoms with Crippen LogP contribution in [-0.2, 0) is 13.0 Å². The molecule has 1 N–H and O–H groups in total. The van der Waals surface area contributed by atoms with Crippen molar-refractivity contribution < 1.29 is 14.2 Å². The number of ether oxygens (including phenoxy) is 3. The molecule has 0 amide bonds. The first-order chi connectivity index (χ1) is 11.8. The van der Waals surface area contributed by atoms with E-state index < -0.39 is 0 Å². The molecule has 0 saturated heterocycles. The Balaban J connectivity index is 1.88.